The lowest BCUT2D eigenvalue weighted by Crippen LogP contribution is -2.13. The third-order valence-corrected chi connectivity index (χ3v) is 1.97. The van der Waals surface area contributed by atoms with Gasteiger partial charge < -0.3 is 14.2 Å². The smallest absolute Gasteiger partial charge is 0.165 e. The Morgan fingerprint density at radius 2 is 1.67 bits per heavy atom. The molecule has 0 atom stereocenters. The summed E-state index contributed by atoms with van der Waals surface area (Å²) in [4.78, 5) is 0. The van der Waals surface area contributed by atoms with Crippen molar-refractivity contribution in [3.05, 3.63) is 29.8 Å². The summed E-state index contributed by atoms with van der Waals surface area (Å²) in [6, 6.07) is 0. The summed E-state index contributed by atoms with van der Waals surface area (Å²) >= 11 is 0. The summed E-state index contributed by atoms with van der Waals surface area (Å²) in [5, 5.41) is 0. The van der Waals surface area contributed by atoms with E-state index in [2.05, 4.69) is 0 Å². The fourth-order valence-electron chi connectivity index (χ4n) is 1.41. The Balaban J connectivity index is 2.63. The molecule has 3 nitrogen and oxygen atoms in total. The van der Waals surface area contributed by atoms with Gasteiger partial charge in [0.15, 0.2) is 6.10 Å². The topological polar surface area (TPSA) is 27.7 Å². The maximum absolute atomic E-state index is 5.50. The number of hydrogen-bond acceptors (Lipinski definition) is 3. The van der Waals surface area contributed by atoms with Gasteiger partial charge in [-0.2, -0.15) is 0 Å². The summed E-state index contributed by atoms with van der Waals surface area (Å²) < 4.78 is 16.4. The van der Waals surface area contributed by atoms with Crippen molar-refractivity contribution in [2.45, 2.75) is 27.2 Å². The molecule has 15 heavy (non-hydrogen) atoms. The van der Waals surface area contributed by atoms with Gasteiger partial charge >= 0.3 is 0 Å². The van der Waals surface area contributed by atoms with Gasteiger partial charge in [0.1, 0.15) is 11.5 Å². The van der Waals surface area contributed by atoms with Gasteiger partial charge in [0.05, 0.1) is 13.2 Å². The predicted octanol–water partition coefficient (Wildman–Crippen LogP) is 2.80. The molecule has 0 amide bonds. The average molecular weight is 211 g/mol. The minimum absolute atomic E-state index is 0.641. The highest BCUT2D eigenvalue weighted by atomic mass is 16.5. The van der Waals surface area contributed by atoms with Crippen LogP contribution in [0.3, 0.4) is 0 Å². The Morgan fingerprint density at radius 1 is 1.00 bits per heavy atom. The van der Waals surface area contributed by atoms with Gasteiger partial charge in [-0.1, -0.05) is 0 Å². The van der Waals surface area contributed by atoms with E-state index in [4.69, 9.17) is 14.2 Å². The average Bonchev–Trinajstić information content (AvgIpc) is 2.23. The van der Waals surface area contributed by atoms with Crippen LogP contribution in [0.1, 0.15) is 27.2 Å². The van der Waals surface area contributed by atoms with Gasteiger partial charge in [0, 0.05) is 19.1 Å². The van der Waals surface area contributed by atoms with Gasteiger partial charge in [-0.15, -0.1) is 0 Å². The number of hydrogen-bond donors (Lipinski definition) is 0. The second kappa shape index (κ2) is 6.51. The maximum atomic E-state index is 5.50. The molecule has 0 saturated heterocycles. The van der Waals surface area contributed by atoms with Gasteiger partial charge in [-0.3, -0.25) is 0 Å². The zero-order valence-electron chi connectivity index (χ0n) is 9.71. The number of allylic oxidation sites excluding steroid dienone is 1. The van der Waals surface area contributed by atoms with E-state index < -0.39 is 0 Å². The lowest BCUT2D eigenvalue weighted by atomic mass is 10.1. The van der Waals surface area contributed by atoms with E-state index in [1.165, 1.54) is 0 Å². The molecule has 3 heteroatoms. The molecule has 0 aliphatic heterocycles. The minimum atomic E-state index is 0.641. The molecule has 0 unspecified atom stereocenters. The molecule has 0 spiro atoms. The summed E-state index contributed by atoms with van der Waals surface area (Å²) in [6.45, 7) is 7.88. The summed E-state index contributed by atoms with van der Waals surface area (Å²) in [5.41, 5.74) is 0. The van der Waals surface area contributed by atoms with Crippen molar-refractivity contribution < 1.29 is 14.2 Å². The van der Waals surface area contributed by atoms with Crippen LogP contribution in [-0.4, -0.2) is 19.8 Å². The first-order valence-electron chi connectivity index (χ1n) is 5.48. The molecule has 0 heterocycles. The van der Waals surface area contributed by atoms with Crippen LogP contribution in [0.5, 0.6) is 0 Å². The molecular weight excluding hydrogens is 192 g/mol. The molecule has 0 aromatic carbocycles. The normalized spacial score (nSPS) is 17.0. The molecule has 1 aliphatic carbocycles. The van der Waals surface area contributed by atoms with Gasteiger partial charge in [-0.25, -0.2) is 0 Å². The van der Waals surface area contributed by atoms with Gasteiger partial charge in [0.25, 0.3) is 0 Å². The number of ether oxygens (including phenoxy) is 3. The van der Waals surface area contributed by atoms with Crippen molar-refractivity contribution in [1.82, 2.24) is 0 Å². The van der Waals surface area contributed by atoms with Crippen LogP contribution < -0.4 is 0 Å². The van der Waals surface area contributed by atoms with Gasteiger partial charge in [0.2, 0.25) is 0 Å². The predicted molar refractivity (Wildman–Crippen MR) is 58.9 cm³/mol. The first kappa shape index (κ1) is 12.1. The zero-order valence-corrected chi connectivity index (χ0v) is 9.71. The van der Waals surface area contributed by atoms with E-state index in [9.17, 15) is 0 Å². The van der Waals surface area contributed by atoms with E-state index >= 15 is 0 Å². The zero-order chi connectivity index (χ0) is 11.1. The molecule has 0 saturated carbocycles. The molecule has 1 rings (SSSR count). The maximum Gasteiger partial charge on any atom is 0.165 e. The lowest BCUT2D eigenvalue weighted by Gasteiger charge is -2.22. The molecule has 0 bridgehead atoms. The van der Waals surface area contributed by atoms with Crippen molar-refractivity contribution in [1.29, 1.82) is 0 Å². The van der Waals surface area contributed by atoms with Crippen molar-refractivity contribution in [2.75, 3.05) is 19.8 Å². The van der Waals surface area contributed by atoms with E-state index in [-0.39, 0.29) is 0 Å². The van der Waals surface area contributed by atoms with Crippen molar-refractivity contribution in [2.24, 2.45) is 0 Å². The van der Waals surface area contributed by atoms with Crippen LogP contribution in [0.2, 0.25) is 0 Å². The summed E-state index contributed by atoms with van der Waals surface area (Å²) in [5.74, 6) is 1.66. The Bertz CT molecular complexity index is 243. The molecule has 0 fully saturated rings. The van der Waals surface area contributed by atoms with E-state index in [0.29, 0.717) is 19.8 Å². The fourth-order valence-corrected chi connectivity index (χ4v) is 1.41. The monoisotopic (exact) mass is 211 g/mol. The highest BCUT2D eigenvalue weighted by Crippen LogP contribution is 2.28. The quantitative estimate of drug-likeness (QED) is 0.676. The molecule has 1 radical (unpaired) electrons. The van der Waals surface area contributed by atoms with Crippen LogP contribution in [0.4, 0.5) is 0 Å². The summed E-state index contributed by atoms with van der Waals surface area (Å²) in [7, 11) is 0. The lowest BCUT2D eigenvalue weighted by molar-refractivity contribution is 0.106. The molecular formula is C12H19O3. The second-order valence-electron chi connectivity index (χ2n) is 3.04. The van der Waals surface area contributed by atoms with Gasteiger partial charge in [-0.05, 0) is 26.8 Å². The third kappa shape index (κ3) is 3.59. The summed E-state index contributed by atoms with van der Waals surface area (Å²) in [6.07, 6.45) is 5.54. The van der Waals surface area contributed by atoms with E-state index in [1.54, 1.807) is 0 Å². The first-order chi connectivity index (χ1) is 7.31. The largest absolute Gasteiger partial charge is 0.495 e. The van der Waals surface area contributed by atoms with Crippen LogP contribution in [0.25, 0.3) is 0 Å². The number of rotatable bonds is 6. The van der Waals surface area contributed by atoms with Crippen LogP contribution in [-0.2, 0) is 14.2 Å². The Labute approximate surface area is 91.7 Å². The highest BCUT2D eigenvalue weighted by Gasteiger charge is 2.21. The molecule has 85 valence electrons. The van der Waals surface area contributed by atoms with Crippen molar-refractivity contribution in [3.8, 4) is 0 Å². The minimum Gasteiger partial charge on any atom is -0.495 e. The van der Waals surface area contributed by atoms with Crippen LogP contribution in [0, 0.1) is 6.10 Å². The standard InChI is InChI=1S/C12H19O3/c1-4-13-10-7-8-11(14-5-2)12(9-10)15-6-3/h7,9H,4-6,8H2,1-3H3. The molecule has 0 aromatic rings. The van der Waals surface area contributed by atoms with Crippen molar-refractivity contribution in [3.63, 3.8) is 0 Å². The Kier molecular flexibility index (Phi) is 5.26. The van der Waals surface area contributed by atoms with Crippen molar-refractivity contribution >= 4 is 0 Å². The molecule has 0 N–H and O–H groups in total. The Hall–Kier alpha value is -0.960. The van der Waals surface area contributed by atoms with Crippen LogP contribution in [0.15, 0.2) is 23.7 Å². The molecule has 0 aromatic heterocycles. The second-order valence-corrected chi connectivity index (χ2v) is 3.04. The van der Waals surface area contributed by atoms with Crippen LogP contribution >= 0.6 is 0 Å². The van der Waals surface area contributed by atoms with E-state index in [1.807, 2.05) is 32.9 Å². The van der Waals surface area contributed by atoms with E-state index in [0.717, 1.165) is 24.0 Å². The Morgan fingerprint density at radius 3 is 2.27 bits per heavy atom. The third-order valence-electron chi connectivity index (χ3n) is 1.97. The molecule has 1 aliphatic rings. The highest BCUT2D eigenvalue weighted by molar-refractivity contribution is 5.30. The first-order valence-corrected chi connectivity index (χ1v) is 5.48. The fraction of sp³-hybridized carbons (Fsp3) is 0.583. The SMILES string of the molecule is CCO[C]1CC=C(OCC)C=C1OCC.